The maximum atomic E-state index is 5.60. The van der Waals surface area contributed by atoms with Crippen LogP contribution in [0.15, 0.2) is 42.9 Å². The number of nitrogens with one attached hydrogen (secondary N) is 1. The summed E-state index contributed by atoms with van der Waals surface area (Å²) < 4.78 is 5.60. The predicted molar refractivity (Wildman–Crippen MR) is 67.7 cm³/mol. The second kappa shape index (κ2) is 5.25. The lowest BCUT2D eigenvalue weighted by Gasteiger charge is -2.26. The molecule has 0 aliphatic carbocycles. The van der Waals surface area contributed by atoms with Gasteiger partial charge in [-0.25, -0.2) is 9.97 Å². The Morgan fingerprint density at radius 2 is 2.22 bits per heavy atom. The third kappa shape index (κ3) is 2.39. The topological polar surface area (TPSA) is 47.0 Å². The normalized spacial score (nSPS) is 18.3. The van der Waals surface area contributed by atoms with Crippen LogP contribution in [0.1, 0.15) is 22.9 Å². The van der Waals surface area contributed by atoms with Crippen molar-refractivity contribution in [1.29, 1.82) is 0 Å². The summed E-state index contributed by atoms with van der Waals surface area (Å²) >= 11 is 0. The highest BCUT2D eigenvalue weighted by molar-refractivity contribution is 5.31. The summed E-state index contributed by atoms with van der Waals surface area (Å²) in [6.45, 7) is 2.15. The third-order valence-electron chi connectivity index (χ3n) is 3.15. The zero-order valence-electron chi connectivity index (χ0n) is 10.0. The molecule has 1 unspecified atom stereocenters. The van der Waals surface area contributed by atoms with Crippen molar-refractivity contribution in [3.05, 3.63) is 59.7 Å². The largest absolute Gasteiger partial charge is 0.375 e. The van der Waals surface area contributed by atoms with Crippen LogP contribution in [0.25, 0.3) is 0 Å². The molecule has 2 heterocycles. The van der Waals surface area contributed by atoms with Crippen LogP contribution in [0.5, 0.6) is 0 Å². The number of nitrogens with zero attached hydrogens (tertiary/aromatic N) is 2. The average molecular weight is 241 g/mol. The number of aromatic nitrogens is 2. The molecular weight excluding hydrogens is 226 g/mol. The quantitative estimate of drug-likeness (QED) is 0.890. The van der Waals surface area contributed by atoms with Crippen LogP contribution in [0.4, 0.5) is 0 Å². The van der Waals surface area contributed by atoms with E-state index >= 15 is 0 Å². The lowest BCUT2D eigenvalue weighted by atomic mass is 9.99. The van der Waals surface area contributed by atoms with Crippen molar-refractivity contribution in [3.8, 4) is 0 Å². The first-order chi connectivity index (χ1) is 8.93. The fourth-order valence-electron chi connectivity index (χ4n) is 2.20. The van der Waals surface area contributed by atoms with Gasteiger partial charge in [0.15, 0.2) is 0 Å². The number of rotatable bonds is 3. The minimum absolute atomic E-state index is 0.241. The van der Waals surface area contributed by atoms with Gasteiger partial charge in [-0.15, -0.1) is 0 Å². The van der Waals surface area contributed by atoms with Crippen LogP contribution in [0, 0.1) is 0 Å². The molecule has 0 spiro atoms. The maximum absolute atomic E-state index is 5.60. The Bertz CT molecular complexity index is 515. The molecule has 0 amide bonds. The summed E-state index contributed by atoms with van der Waals surface area (Å²) in [4.78, 5) is 8.12. The number of hydrogen-bond acceptors (Lipinski definition) is 4. The van der Waals surface area contributed by atoms with Gasteiger partial charge in [0, 0.05) is 12.7 Å². The van der Waals surface area contributed by atoms with Gasteiger partial charge in [0.2, 0.25) is 0 Å². The summed E-state index contributed by atoms with van der Waals surface area (Å²) in [5, 5.41) is 3.48. The van der Waals surface area contributed by atoms with Crippen molar-refractivity contribution in [3.63, 3.8) is 0 Å². The second-order valence-corrected chi connectivity index (χ2v) is 4.35. The Labute approximate surface area is 106 Å². The first-order valence-electron chi connectivity index (χ1n) is 6.07. The Hall–Kier alpha value is -1.78. The smallest absolute Gasteiger partial charge is 0.115 e. The van der Waals surface area contributed by atoms with E-state index in [1.807, 2.05) is 6.07 Å². The molecule has 4 heteroatoms. The van der Waals surface area contributed by atoms with Gasteiger partial charge >= 0.3 is 0 Å². The Kier molecular flexibility index (Phi) is 3.30. The fourth-order valence-corrected chi connectivity index (χ4v) is 2.20. The highest BCUT2D eigenvalue weighted by Gasteiger charge is 2.19. The number of ether oxygens (including phenoxy) is 1. The standard InChI is InChI=1S/C14H15N3O/c1-2-4-13-11(3-1)8-18-9-14(13)16-7-12-5-6-15-10-17-12/h1-6,10,14,16H,7-9H2. The van der Waals surface area contributed by atoms with Crippen LogP contribution < -0.4 is 5.32 Å². The second-order valence-electron chi connectivity index (χ2n) is 4.35. The van der Waals surface area contributed by atoms with Crippen molar-refractivity contribution >= 4 is 0 Å². The Balaban J connectivity index is 1.71. The van der Waals surface area contributed by atoms with Gasteiger partial charge in [-0.2, -0.15) is 0 Å². The Morgan fingerprint density at radius 1 is 1.28 bits per heavy atom. The molecule has 0 bridgehead atoms. The average Bonchev–Trinajstić information content (AvgIpc) is 2.46. The van der Waals surface area contributed by atoms with E-state index in [-0.39, 0.29) is 6.04 Å². The van der Waals surface area contributed by atoms with E-state index in [2.05, 4.69) is 39.6 Å². The molecule has 1 atom stereocenters. The molecule has 2 aromatic rings. The third-order valence-corrected chi connectivity index (χ3v) is 3.15. The molecule has 0 saturated carbocycles. The first-order valence-corrected chi connectivity index (χ1v) is 6.07. The van der Waals surface area contributed by atoms with Gasteiger partial charge in [-0.3, -0.25) is 0 Å². The summed E-state index contributed by atoms with van der Waals surface area (Å²) in [6.07, 6.45) is 3.33. The number of hydrogen-bond donors (Lipinski definition) is 1. The molecule has 92 valence electrons. The van der Waals surface area contributed by atoms with Crippen LogP contribution in [0.2, 0.25) is 0 Å². The van der Waals surface area contributed by atoms with Crippen LogP contribution in [0.3, 0.4) is 0 Å². The molecule has 1 aromatic heterocycles. The zero-order valence-corrected chi connectivity index (χ0v) is 10.0. The van der Waals surface area contributed by atoms with Gasteiger partial charge in [0.25, 0.3) is 0 Å². The molecule has 0 fully saturated rings. The fraction of sp³-hybridized carbons (Fsp3) is 0.286. The minimum atomic E-state index is 0.241. The highest BCUT2D eigenvalue weighted by atomic mass is 16.5. The van der Waals surface area contributed by atoms with Crippen LogP contribution >= 0.6 is 0 Å². The van der Waals surface area contributed by atoms with E-state index in [1.165, 1.54) is 11.1 Å². The van der Waals surface area contributed by atoms with Crippen molar-refractivity contribution in [2.24, 2.45) is 0 Å². The van der Waals surface area contributed by atoms with Gasteiger partial charge in [0.1, 0.15) is 6.33 Å². The SMILES string of the molecule is c1ccc2c(c1)COCC2NCc1ccncn1. The van der Waals surface area contributed by atoms with E-state index in [0.717, 1.165) is 12.2 Å². The summed E-state index contributed by atoms with van der Waals surface area (Å²) in [5.74, 6) is 0. The summed E-state index contributed by atoms with van der Waals surface area (Å²) in [7, 11) is 0. The van der Waals surface area contributed by atoms with Crippen molar-refractivity contribution in [2.75, 3.05) is 6.61 Å². The molecule has 18 heavy (non-hydrogen) atoms. The highest BCUT2D eigenvalue weighted by Crippen LogP contribution is 2.24. The summed E-state index contributed by atoms with van der Waals surface area (Å²) in [6, 6.07) is 10.6. The Morgan fingerprint density at radius 3 is 3.11 bits per heavy atom. The maximum Gasteiger partial charge on any atom is 0.115 e. The molecule has 1 N–H and O–H groups in total. The van der Waals surface area contributed by atoms with Gasteiger partial charge in [-0.05, 0) is 17.2 Å². The minimum Gasteiger partial charge on any atom is -0.375 e. The predicted octanol–water partition coefficient (Wildman–Crippen LogP) is 1.84. The molecule has 0 saturated heterocycles. The van der Waals surface area contributed by atoms with E-state index < -0.39 is 0 Å². The first kappa shape index (κ1) is 11.3. The molecule has 1 aromatic carbocycles. The van der Waals surface area contributed by atoms with Crippen molar-refractivity contribution in [1.82, 2.24) is 15.3 Å². The van der Waals surface area contributed by atoms with E-state index in [4.69, 9.17) is 4.74 Å². The van der Waals surface area contributed by atoms with Crippen LogP contribution in [-0.4, -0.2) is 16.6 Å². The van der Waals surface area contributed by atoms with Gasteiger partial charge in [-0.1, -0.05) is 24.3 Å². The molecule has 4 nitrogen and oxygen atoms in total. The van der Waals surface area contributed by atoms with Crippen LogP contribution in [-0.2, 0) is 17.9 Å². The lowest BCUT2D eigenvalue weighted by Crippen LogP contribution is -2.29. The summed E-state index contributed by atoms with van der Waals surface area (Å²) in [5.41, 5.74) is 3.59. The molecular formula is C14H15N3O. The number of benzene rings is 1. The van der Waals surface area contributed by atoms with Gasteiger partial charge < -0.3 is 10.1 Å². The van der Waals surface area contributed by atoms with Crippen molar-refractivity contribution < 1.29 is 4.74 Å². The van der Waals surface area contributed by atoms with E-state index in [0.29, 0.717) is 13.2 Å². The monoisotopic (exact) mass is 241 g/mol. The molecule has 1 aliphatic rings. The van der Waals surface area contributed by atoms with Crippen molar-refractivity contribution in [2.45, 2.75) is 19.2 Å². The molecule has 1 aliphatic heterocycles. The lowest BCUT2D eigenvalue weighted by molar-refractivity contribution is 0.0816. The van der Waals surface area contributed by atoms with E-state index in [1.54, 1.807) is 12.5 Å². The van der Waals surface area contributed by atoms with Gasteiger partial charge in [0.05, 0.1) is 24.9 Å². The van der Waals surface area contributed by atoms with E-state index in [9.17, 15) is 0 Å². The zero-order chi connectivity index (χ0) is 12.2. The molecule has 3 rings (SSSR count). The molecule has 0 radical (unpaired) electrons. The number of fused-ring (bicyclic) bond motifs is 1.